The number of benzene rings is 2. The first-order valence-corrected chi connectivity index (χ1v) is 7.71. The second kappa shape index (κ2) is 3.86. The topological polar surface area (TPSA) is 26.0 Å². The van der Waals surface area contributed by atoms with Crippen LogP contribution < -0.4 is 5.73 Å². The number of halogens is 1. The van der Waals surface area contributed by atoms with Crippen molar-refractivity contribution in [1.29, 1.82) is 0 Å². The molecule has 0 aliphatic heterocycles. The van der Waals surface area contributed by atoms with Crippen molar-refractivity contribution in [3.05, 3.63) is 52.0 Å². The molecule has 2 aromatic carbocycles. The van der Waals surface area contributed by atoms with E-state index in [1.54, 1.807) is 0 Å². The molecule has 0 bridgehead atoms. The van der Waals surface area contributed by atoms with Gasteiger partial charge in [-0.1, -0.05) is 37.1 Å². The van der Waals surface area contributed by atoms with Crippen LogP contribution in [0.4, 0.5) is 5.69 Å². The number of hydrogen-bond donors (Lipinski definition) is 1. The summed E-state index contributed by atoms with van der Waals surface area (Å²) in [7, 11) is 0. The molecule has 2 aliphatic rings. The smallest absolute Gasteiger partial charge is 0.0462 e. The first kappa shape index (κ1) is 11.5. The van der Waals surface area contributed by atoms with Crippen LogP contribution >= 0.6 is 15.9 Å². The molecule has 0 saturated heterocycles. The van der Waals surface area contributed by atoms with Crippen molar-refractivity contribution in [1.82, 2.24) is 0 Å². The standard InChI is InChI=1S/C17H16BrN/c18-15-9-12-11-5-1-2-6-13(11)17(7-3-4-8-17)14(12)10-16(15)19/h1-2,5-6,9-10H,3-4,7-8,19H2. The normalized spacial score (nSPS) is 18.6. The Hall–Kier alpha value is -1.28. The summed E-state index contributed by atoms with van der Waals surface area (Å²) in [6.45, 7) is 0. The van der Waals surface area contributed by atoms with Gasteiger partial charge in [0.25, 0.3) is 0 Å². The van der Waals surface area contributed by atoms with E-state index < -0.39 is 0 Å². The van der Waals surface area contributed by atoms with Crippen LogP contribution in [-0.4, -0.2) is 0 Å². The molecule has 2 aromatic rings. The van der Waals surface area contributed by atoms with Crippen molar-refractivity contribution in [3.8, 4) is 11.1 Å². The lowest BCUT2D eigenvalue weighted by molar-refractivity contribution is 0.550. The molecule has 1 nitrogen and oxygen atoms in total. The summed E-state index contributed by atoms with van der Waals surface area (Å²) >= 11 is 3.57. The van der Waals surface area contributed by atoms with Gasteiger partial charge < -0.3 is 5.73 Å². The second-order valence-electron chi connectivity index (χ2n) is 5.75. The number of hydrogen-bond acceptors (Lipinski definition) is 1. The minimum atomic E-state index is 0.237. The van der Waals surface area contributed by atoms with E-state index in [0.717, 1.165) is 10.2 Å². The van der Waals surface area contributed by atoms with Crippen LogP contribution in [0.15, 0.2) is 40.9 Å². The summed E-state index contributed by atoms with van der Waals surface area (Å²) < 4.78 is 1.01. The van der Waals surface area contributed by atoms with Gasteiger partial charge in [0, 0.05) is 15.6 Å². The van der Waals surface area contributed by atoms with E-state index in [9.17, 15) is 0 Å². The summed E-state index contributed by atoms with van der Waals surface area (Å²) in [5.41, 5.74) is 13.0. The van der Waals surface area contributed by atoms with E-state index >= 15 is 0 Å². The molecule has 1 fully saturated rings. The molecule has 96 valence electrons. The van der Waals surface area contributed by atoms with Crippen LogP contribution in [0.5, 0.6) is 0 Å². The average Bonchev–Trinajstić information content (AvgIpc) is 3.00. The molecule has 0 heterocycles. The molecule has 1 spiro atoms. The zero-order valence-electron chi connectivity index (χ0n) is 10.7. The van der Waals surface area contributed by atoms with Gasteiger partial charge in [-0.3, -0.25) is 0 Å². The number of anilines is 1. The number of nitrogens with two attached hydrogens (primary N) is 1. The molecule has 2 aliphatic carbocycles. The SMILES string of the molecule is Nc1cc2c(cc1Br)-c1ccccc1C21CCCC1. The molecule has 1 saturated carbocycles. The Bertz CT molecular complexity index is 669. The van der Waals surface area contributed by atoms with Crippen molar-refractivity contribution in [2.75, 3.05) is 5.73 Å². The minimum absolute atomic E-state index is 0.237. The third kappa shape index (κ3) is 1.41. The van der Waals surface area contributed by atoms with E-state index in [-0.39, 0.29) is 5.41 Å². The summed E-state index contributed by atoms with van der Waals surface area (Å²) in [4.78, 5) is 0. The van der Waals surface area contributed by atoms with Gasteiger partial charge in [-0.2, -0.15) is 0 Å². The maximum Gasteiger partial charge on any atom is 0.0462 e. The third-order valence-corrected chi connectivity index (χ3v) is 5.53. The van der Waals surface area contributed by atoms with Gasteiger partial charge in [0.15, 0.2) is 0 Å². The molecule has 0 radical (unpaired) electrons. The Morgan fingerprint density at radius 3 is 2.47 bits per heavy atom. The van der Waals surface area contributed by atoms with E-state index in [1.807, 2.05) is 0 Å². The quantitative estimate of drug-likeness (QED) is 0.690. The molecular weight excluding hydrogens is 298 g/mol. The zero-order chi connectivity index (χ0) is 13.0. The maximum atomic E-state index is 6.13. The molecule has 2 N–H and O–H groups in total. The minimum Gasteiger partial charge on any atom is -0.398 e. The Morgan fingerprint density at radius 1 is 0.947 bits per heavy atom. The monoisotopic (exact) mass is 313 g/mol. The highest BCUT2D eigenvalue weighted by Gasteiger charge is 2.44. The van der Waals surface area contributed by atoms with Gasteiger partial charge in [0.2, 0.25) is 0 Å². The molecule has 0 amide bonds. The summed E-state index contributed by atoms with van der Waals surface area (Å²) in [5, 5.41) is 0. The Morgan fingerprint density at radius 2 is 1.68 bits per heavy atom. The van der Waals surface area contributed by atoms with E-state index in [4.69, 9.17) is 5.73 Å². The van der Waals surface area contributed by atoms with Gasteiger partial charge in [-0.25, -0.2) is 0 Å². The van der Waals surface area contributed by atoms with Crippen molar-refractivity contribution in [3.63, 3.8) is 0 Å². The first-order chi connectivity index (χ1) is 9.22. The Kier molecular flexibility index (Phi) is 2.34. The predicted octanol–water partition coefficient (Wildman–Crippen LogP) is 4.87. The lowest BCUT2D eigenvalue weighted by atomic mass is 9.77. The fourth-order valence-corrected chi connectivity index (χ4v) is 4.35. The molecule has 0 atom stereocenters. The van der Waals surface area contributed by atoms with E-state index in [2.05, 4.69) is 52.3 Å². The van der Waals surface area contributed by atoms with Crippen LogP contribution in [0.3, 0.4) is 0 Å². The van der Waals surface area contributed by atoms with Crippen molar-refractivity contribution < 1.29 is 0 Å². The maximum absolute atomic E-state index is 6.13. The van der Waals surface area contributed by atoms with Gasteiger partial charge in [0.05, 0.1) is 0 Å². The van der Waals surface area contributed by atoms with Crippen LogP contribution in [0.1, 0.15) is 36.8 Å². The van der Waals surface area contributed by atoms with E-state index in [0.29, 0.717) is 0 Å². The highest BCUT2D eigenvalue weighted by atomic mass is 79.9. The summed E-state index contributed by atoms with van der Waals surface area (Å²) in [5.74, 6) is 0. The van der Waals surface area contributed by atoms with E-state index in [1.165, 1.54) is 47.9 Å². The molecule has 4 rings (SSSR count). The first-order valence-electron chi connectivity index (χ1n) is 6.92. The van der Waals surface area contributed by atoms with Crippen LogP contribution in [-0.2, 0) is 5.41 Å². The Labute approximate surface area is 122 Å². The molecule has 0 aromatic heterocycles. The van der Waals surface area contributed by atoms with Crippen molar-refractivity contribution >= 4 is 21.6 Å². The predicted molar refractivity (Wildman–Crippen MR) is 83.2 cm³/mol. The summed E-state index contributed by atoms with van der Waals surface area (Å²) in [6, 6.07) is 13.3. The largest absolute Gasteiger partial charge is 0.398 e. The number of rotatable bonds is 0. The van der Waals surface area contributed by atoms with Crippen LogP contribution in [0.25, 0.3) is 11.1 Å². The molecule has 0 unspecified atom stereocenters. The van der Waals surface area contributed by atoms with Gasteiger partial charge >= 0.3 is 0 Å². The third-order valence-electron chi connectivity index (χ3n) is 4.84. The molecule has 19 heavy (non-hydrogen) atoms. The van der Waals surface area contributed by atoms with Gasteiger partial charge in [0.1, 0.15) is 0 Å². The summed E-state index contributed by atoms with van der Waals surface area (Å²) in [6.07, 6.45) is 5.17. The highest BCUT2D eigenvalue weighted by Crippen LogP contribution is 2.57. The van der Waals surface area contributed by atoms with Crippen molar-refractivity contribution in [2.24, 2.45) is 0 Å². The second-order valence-corrected chi connectivity index (χ2v) is 6.61. The lowest BCUT2D eigenvalue weighted by Gasteiger charge is -2.26. The van der Waals surface area contributed by atoms with Gasteiger partial charge in [-0.15, -0.1) is 0 Å². The van der Waals surface area contributed by atoms with Crippen LogP contribution in [0.2, 0.25) is 0 Å². The number of nitrogen functional groups attached to an aromatic ring is 1. The van der Waals surface area contributed by atoms with Crippen molar-refractivity contribution in [2.45, 2.75) is 31.1 Å². The van der Waals surface area contributed by atoms with Gasteiger partial charge in [-0.05, 0) is 63.2 Å². The number of fused-ring (bicyclic) bond motifs is 5. The van der Waals surface area contributed by atoms with Crippen LogP contribution in [0, 0.1) is 0 Å². The molecule has 2 heteroatoms. The molecular formula is C17H16BrN. The average molecular weight is 314 g/mol. The fourth-order valence-electron chi connectivity index (χ4n) is 4.01. The lowest BCUT2D eigenvalue weighted by Crippen LogP contribution is -2.20. The Balaban J connectivity index is 2.09. The highest BCUT2D eigenvalue weighted by molar-refractivity contribution is 9.10. The zero-order valence-corrected chi connectivity index (χ0v) is 12.3. The fraction of sp³-hybridized carbons (Fsp3) is 0.294.